The smallest absolute Gasteiger partial charge is 0.267 e. The fourth-order valence-corrected chi connectivity index (χ4v) is 2.59. The van der Waals surface area contributed by atoms with Gasteiger partial charge in [-0.2, -0.15) is 5.21 Å². The first-order valence-electron chi connectivity index (χ1n) is 5.89. The average Bonchev–Trinajstić information content (AvgIpc) is 3.09. The highest BCUT2D eigenvalue weighted by atomic mass is 32.1. The number of H-pyrrole nitrogens is 2. The van der Waals surface area contributed by atoms with Crippen LogP contribution in [0.1, 0.15) is 22.7 Å². The van der Waals surface area contributed by atoms with Crippen molar-refractivity contribution in [3.63, 3.8) is 0 Å². The second kappa shape index (κ2) is 5.19. The van der Waals surface area contributed by atoms with E-state index >= 15 is 0 Å². The van der Waals surface area contributed by atoms with Gasteiger partial charge < -0.3 is 10.3 Å². The fraction of sp³-hybridized carbons (Fsp3) is 0.273. The first kappa shape index (κ1) is 11.8. The molecule has 0 saturated heterocycles. The summed E-state index contributed by atoms with van der Waals surface area (Å²) in [5, 5.41) is 18.4. The van der Waals surface area contributed by atoms with Crippen molar-refractivity contribution in [2.24, 2.45) is 0 Å². The Hall–Kier alpha value is -2.22. The number of fused-ring (bicyclic) bond motifs is 1. The molecular weight excluding hydrogens is 264 g/mol. The van der Waals surface area contributed by atoms with Crippen molar-refractivity contribution >= 4 is 27.5 Å². The molecule has 0 fully saturated rings. The minimum atomic E-state index is -0.0866. The Morgan fingerprint density at radius 2 is 2.42 bits per heavy atom. The molecule has 3 N–H and O–H groups in total. The van der Waals surface area contributed by atoms with E-state index in [0.717, 1.165) is 16.6 Å². The van der Waals surface area contributed by atoms with Crippen molar-refractivity contribution in [2.45, 2.75) is 12.8 Å². The Kier molecular flexibility index (Phi) is 3.23. The summed E-state index contributed by atoms with van der Waals surface area (Å²) in [4.78, 5) is 15.0. The quantitative estimate of drug-likeness (QED) is 0.608. The summed E-state index contributed by atoms with van der Waals surface area (Å²) in [6, 6.07) is 3.83. The van der Waals surface area contributed by atoms with Crippen molar-refractivity contribution in [3.05, 3.63) is 29.0 Å². The Bertz CT molecular complexity index is 642. The predicted octanol–water partition coefficient (Wildman–Crippen LogP) is 1.11. The maximum absolute atomic E-state index is 11.9. The molecule has 8 heteroatoms. The zero-order valence-corrected chi connectivity index (χ0v) is 10.8. The monoisotopic (exact) mass is 276 g/mol. The number of hydrogen-bond donors (Lipinski definition) is 3. The van der Waals surface area contributed by atoms with E-state index in [1.54, 1.807) is 11.3 Å². The molecule has 0 atom stereocenters. The van der Waals surface area contributed by atoms with Crippen molar-refractivity contribution in [1.29, 1.82) is 0 Å². The molecule has 7 nitrogen and oxygen atoms in total. The minimum absolute atomic E-state index is 0.0866. The molecule has 0 spiro atoms. The molecule has 3 aromatic heterocycles. The van der Waals surface area contributed by atoms with Crippen LogP contribution in [-0.2, 0) is 6.42 Å². The average molecular weight is 276 g/mol. The fourth-order valence-electron chi connectivity index (χ4n) is 1.80. The molecular formula is C11H12N6OS. The maximum Gasteiger partial charge on any atom is 0.267 e. The van der Waals surface area contributed by atoms with Gasteiger partial charge in [0.25, 0.3) is 5.91 Å². The van der Waals surface area contributed by atoms with E-state index in [0.29, 0.717) is 24.5 Å². The maximum atomic E-state index is 11.9. The van der Waals surface area contributed by atoms with Gasteiger partial charge in [-0.1, -0.05) is 5.21 Å². The Morgan fingerprint density at radius 3 is 3.21 bits per heavy atom. The molecule has 98 valence electrons. The molecule has 0 saturated carbocycles. The van der Waals surface area contributed by atoms with Crippen LogP contribution in [0.2, 0.25) is 0 Å². The number of aryl methyl sites for hydroxylation is 1. The highest BCUT2D eigenvalue weighted by Gasteiger charge is 2.09. The highest BCUT2D eigenvalue weighted by molar-refractivity contribution is 7.17. The third kappa shape index (κ3) is 2.63. The molecule has 1 amide bonds. The number of carbonyl (C=O) groups is 1. The largest absolute Gasteiger partial charge is 0.351 e. The number of carbonyl (C=O) groups excluding carboxylic acids is 1. The van der Waals surface area contributed by atoms with Gasteiger partial charge in [0.15, 0.2) is 5.82 Å². The Labute approximate surface area is 112 Å². The normalized spacial score (nSPS) is 10.9. The van der Waals surface area contributed by atoms with Gasteiger partial charge in [0.1, 0.15) is 5.69 Å². The standard InChI is InChI=1S/C11H12N6OS/c18-11(8-6-9-7(13-8)3-5-19-9)12-4-1-2-10-14-16-17-15-10/h3,5-6,13H,1-2,4H2,(H,12,18)(H,14,15,16,17). The van der Waals surface area contributed by atoms with Crippen LogP contribution < -0.4 is 5.32 Å². The molecule has 0 radical (unpaired) electrons. The molecule has 3 rings (SSSR count). The van der Waals surface area contributed by atoms with E-state index in [-0.39, 0.29) is 5.91 Å². The SMILES string of the molecule is O=C(NCCCc1nn[nH]n1)c1cc2sccc2[nH]1. The molecule has 0 unspecified atom stereocenters. The molecule has 3 heterocycles. The lowest BCUT2D eigenvalue weighted by molar-refractivity contribution is 0.0949. The number of thiophene rings is 1. The van der Waals surface area contributed by atoms with Gasteiger partial charge in [0.05, 0.1) is 10.2 Å². The van der Waals surface area contributed by atoms with E-state index in [1.165, 1.54) is 0 Å². The topological polar surface area (TPSA) is 99.3 Å². The van der Waals surface area contributed by atoms with Crippen LogP contribution in [0, 0.1) is 0 Å². The summed E-state index contributed by atoms with van der Waals surface area (Å²) in [6.45, 7) is 0.583. The predicted molar refractivity (Wildman–Crippen MR) is 71.0 cm³/mol. The third-order valence-corrected chi connectivity index (χ3v) is 3.60. The number of nitrogens with one attached hydrogen (secondary N) is 3. The third-order valence-electron chi connectivity index (χ3n) is 2.74. The van der Waals surface area contributed by atoms with Crippen LogP contribution in [0.4, 0.5) is 0 Å². The molecule has 0 aliphatic rings. The number of tetrazole rings is 1. The van der Waals surface area contributed by atoms with E-state index in [1.807, 2.05) is 17.5 Å². The van der Waals surface area contributed by atoms with Crippen LogP contribution in [0.25, 0.3) is 10.2 Å². The van der Waals surface area contributed by atoms with Crippen molar-refractivity contribution in [3.8, 4) is 0 Å². The van der Waals surface area contributed by atoms with E-state index in [2.05, 4.69) is 30.9 Å². The van der Waals surface area contributed by atoms with Gasteiger partial charge in [0.2, 0.25) is 0 Å². The van der Waals surface area contributed by atoms with E-state index in [9.17, 15) is 4.79 Å². The minimum Gasteiger partial charge on any atom is -0.351 e. The first-order valence-corrected chi connectivity index (χ1v) is 6.77. The number of aromatic nitrogens is 5. The summed E-state index contributed by atoms with van der Waals surface area (Å²) >= 11 is 1.61. The lowest BCUT2D eigenvalue weighted by Gasteiger charge is -2.01. The Morgan fingerprint density at radius 1 is 1.47 bits per heavy atom. The van der Waals surface area contributed by atoms with Crippen LogP contribution in [0.3, 0.4) is 0 Å². The molecule has 3 aromatic rings. The summed E-state index contributed by atoms with van der Waals surface area (Å²) in [5.74, 6) is 0.575. The van der Waals surface area contributed by atoms with Gasteiger partial charge in [-0.15, -0.1) is 21.5 Å². The molecule has 0 aromatic carbocycles. The number of amides is 1. The van der Waals surface area contributed by atoms with Gasteiger partial charge in [-0.05, 0) is 23.9 Å². The van der Waals surface area contributed by atoms with Crippen LogP contribution >= 0.6 is 11.3 Å². The van der Waals surface area contributed by atoms with E-state index < -0.39 is 0 Å². The summed E-state index contributed by atoms with van der Waals surface area (Å²) in [6.07, 6.45) is 1.47. The van der Waals surface area contributed by atoms with Gasteiger partial charge in [0, 0.05) is 13.0 Å². The second-order valence-corrected chi connectivity index (χ2v) is 5.02. The van der Waals surface area contributed by atoms with Gasteiger partial charge in [-0.25, -0.2) is 0 Å². The van der Waals surface area contributed by atoms with Crippen LogP contribution in [-0.4, -0.2) is 38.1 Å². The zero-order valence-electron chi connectivity index (χ0n) is 10.0. The number of aromatic amines is 2. The summed E-state index contributed by atoms with van der Waals surface area (Å²) in [7, 11) is 0. The Balaban J connectivity index is 1.50. The lowest BCUT2D eigenvalue weighted by atomic mass is 10.3. The summed E-state index contributed by atoms with van der Waals surface area (Å²) < 4.78 is 1.09. The van der Waals surface area contributed by atoms with Gasteiger partial charge in [-0.3, -0.25) is 4.79 Å². The molecule has 0 aliphatic carbocycles. The van der Waals surface area contributed by atoms with Crippen molar-refractivity contribution in [2.75, 3.05) is 6.54 Å². The zero-order chi connectivity index (χ0) is 13.1. The first-order chi connectivity index (χ1) is 9.33. The molecule has 19 heavy (non-hydrogen) atoms. The number of rotatable bonds is 5. The lowest BCUT2D eigenvalue weighted by Crippen LogP contribution is -2.25. The molecule has 0 bridgehead atoms. The second-order valence-electron chi connectivity index (χ2n) is 4.07. The van der Waals surface area contributed by atoms with Crippen molar-refractivity contribution < 1.29 is 4.79 Å². The molecule has 0 aliphatic heterocycles. The van der Waals surface area contributed by atoms with Crippen LogP contribution in [0.5, 0.6) is 0 Å². The number of nitrogens with zero attached hydrogens (tertiary/aromatic N) is 3. The van der Waals surface area contributed by atoms with E-state index in [4.69, 9.17) is 0 Å². The van der Waals surface area contributed by atoms with Crippen LogP contribution in [0.15, 0.2) is 17.5 Å². The van der Waals surface area contributed by atoms with Crippen molar-refractivity contribution in [1.82, 2.24) is 30.9 Å². The van der Waals surface area contributed by atoms with Gasteiger partial charge >= 0.3 is 0 Å². The summed E-state index contributed by atoms with van der Waals surface area (Å²) in [5.41, 5.74) is 1.60. The number of hydrogen-bond acceptors (Lipinski definition) is 5. The highest BCUT2D eigenvalue weighted by Crippen LogP contribution is 2.21.